The number of benzene rings is 3. The number of hydrogen-bond acceptors (Lipinski definition) is 6. The lowest BCUT2D eigenvalue weighted by Gasteiger charge is -2.34. The van der Waals surface area contributed by atoms with Crippen LogP contribution in [0.2, 0.25) is 0 Å². The first kappa shape index (κ1) is 23.3. The van der Waals surface area contributed by atoms with Crippen LogP contribution in [0.25, 0.3) is 0 Å². The minimum Gasteiger partial charge on any atom is -0.493 e. The fraction of sp³-hybridized carbons (Fsp3) is 0.269. The van der Waals surface area contributed by atoms with Crippen LogP contribution in [0.15, 0.2) is 60.7 Å². The number of ether oxygens (including phenoxy) is 5. The molecule has 32 heavy (non-hydrogen) atoms. The van der Waals surface area contributed by atoms with Crippen molar-refractivity contribution in [3.05, 3.63) is 88.5 Å². The first-order valence-corrected chi connectivity index (χ1v) is 10.1. The molecule has 6 nitrogen and oxygen atoms in total. The van der Waals surface area contributed by atoms with Gasteiger partial charge in [-0.2, -0.15) is 0 Å². The highest BCUT2D eigenvalue weighted by Crippen LogP contribution is 2.44. The predicted molar refractivity (Wildman–Crippen MR) is 122 cm³/mol. The Balaban J connectivity index is 2.13. The summed E-state index contributed by atoms with van der Waals surface area (Å²) in [7, 11) is 6.22. The highest BCUT2D eigenvalue weighted by Gasteiger charge is 2.40. The third-order valence-electron chi connectivity index (χ3n) is 5.50. The van der Waals surface area contributed by atoms with Crippen LogP contribution in [-0.4, -0.2) is 34.7 Å². The van der Waals surface area contributed by atoms with E-state index >= 15 is 0 Å². The average Bonchev–Trinajstić information content (AvgIpc) is 2.85. The molecular weight excluding hydrogens is 408 g/mol. The molecule has 0 fully saturated rings. The number of rotatable bonds is 10. The molecule has 0 aromatic heterocycles. The second-order valence-electron chi connectivity index (χ2n) is 7.11. The van der Waals surface area contributed by atoms with Gasteiger partial charge in [0.15, 0.2) is 17.8 Å². The van der Waals surface area contributed by atoms with Crippen LogP contribution in [0, 0.1) is 6.92 Å². The standard InChI is InChI=1S/C26H28O6/c1-18-21(14-15-24(28-2)25(18)29-3)26(30-4,31-5)22-12-9-13-23(20(22)16-27)32-17-19-10-7-6-8-11-19/h6-16H,17H2,1-5H3. The molecule has 0 heterocycles. The van der Waals surface area contributed by atoms with Crippen molar-refractivity contribution in [2.45, 2.75) is 19.3 Å². The van der Waals surface area contributed by atoms with E-state index in [1.165, 1.54) is 14.2 Å². The van der Waals surface area contributed by atoms with Gasteiger partial charge in [0.05, 0.1) is 19.8 Å². The molecule has 0 spiro atoms. The van der Waals surface area contributed by atoms with Crippen molar-refractivity contribution in [1.82, 2.24) is 0 Å². The van der Waals surface area contributed by atoms with Crippen LogP contribution in [0.3, 0.4) is 0 Å². The fourth-order valence-electron chi connectivity index (χ4n) is 3.92. The van der Waals surface area contributed by atoms with Gasteiger partial charge in [-0.05, 0) is 30.7 Å². The molecule has 3 rings (SSSR count). The summed E-state index contributed by atoms with van der Waals surface area (Å²) in [5.74, 6) is 0.224. The van der Waals surface area contributed by atoms with Crippen molar-refractivity contribution in [2.24, 2.45) is 0 Å². The molecule has 3 aromatic carbocycles. The van der Waals surface area contributed by atoms with Gasteiger partial charge in [-0.15, -0.1) is 0 Å². The first-order valence-electron chi connectivity index (χ1n) is 10.1. The summed E-state index contributed by atoms with van der Waals surface area (Å²) in [6, 6.07) is 18.7. The lowest BCUT2D eigenvalue weighted by atomic mass is 9.89. The van der Waals surface area contributed by atoms with Gasteiger partial charge in [0.1, 0.15) is 12.4 Å². The Morgan fingerprint density at radius 3 is 2.09 bits per heavy atom. The molecule has 0 aliphatic carbocycles. The maximum Gasteiger partial charge on any atom is 0.223 e. The van der Waals surface area contributed by atoms with Crippen molar-refractivity contribution in [1.29, 1.82) is 0 Å². The average molecular weight is 437 g/mol. The second-order valence-corrected chi connectivity index (χ2v) is 7.11. The number of carbonyl (C=O) groups is 1. The zero-order valence-corrected chi connectivity index (χ0v) is 19.0. The van der Waals surface area contributed by atoms with Crippen molar-refractivity contribution in [3.63, 3.8) is 0 Å². The Hall–Kier alpha value is -3.35. The summed E-state index contributed by atoms with van der Waals surface area (Å²) in [4.78, 5) is 12.2. The Morgan fingerprint density at radius 2 is 1.50 bits per heavy atom. The Bertz CT molecular complexity index is 1060. The van der Waals surface area contributed by atoms with Gasteiger partial charge in [-0.1, -0.05) is 42.5 Å². The largest absolute Gasteiger partial charge is 0.493 e. The molecule has 0 aliphatic heterocycles. The van der Waals surface area contributed by atoms with E-state index in [4.69, 9.17) is 23.7 Å². The SMILES string of the molecule is COc1ccc(C(OC)(OC)c2cccc(OCc3ccccc3)c2C=O)c(C)c1OC. The van der Waals surface area contributed by atoms with E-state index < -0.39 is 5.79 Å². The number of aldehydes is 1. The molecule has 0 saturated carbocycles. The number of carbonyl (C=O) groups excluding carboxylic acids is 1. The fourth-order valence-corrected chi connectivity index (χ4v) is 3.92. The maximum atomic E-state index is 12.2. The first-order chi connectivity index (χ1) is 15.6. The van der Waals surface area contributed by atoms with Crippen LogP contribution in [-0.2, 0) is 21.9 Å². The van der Waals surface area contributed by atoms with Gasteiger partial charge in [0.25, 0.3) is 0 Å². The maximum absolute atomic E-state index is 12.2. The van der Waals surface area contributed by atoms with Crippen LogP contribution >= 0.6 is 0 Å². The Kier molecular flexibility index (Phi) is 7.51. The number of hydrogen-bond donors (Lipinski definition) is 0. The van der Waals surface area contributed by atoms with Crippen LogP contribution in [0.1, 0.15) is 32.6 Å². The third kappa shape index (κ3) is 4.20. The lowest BCUT2D eigenvalue weighted by molar-refractivity contribution is -0.184. The third-order valence-corrected chi connectivity index (χ3v) is 5.50. The molecule has 0 amide bonds. The second kappa shape index (κ2) is 10.3. The zero-order valence-electron chi connectivity index (χ0n) is 19.0. The van der Waals surface area contributed by atoms with Crippen LogP contribution in [0.5, 0.6) is 17.2 Å². The van der Waals surface area contributed by atoms with E-state index in [2.05, 4.69) is 0 Å². The highest BCUT2D eigenvalue weighted by molar-refractivity contribution is 5.82. The van der Waals surface area contributed by atoms with E-state index in [9.17, 15) is 4.79 Å². The summed E-state index contributed by atoms with van der Waals surface area (Å²) in [6.07, 6.45) is 0.762. The van der Waals surface area contributed by atoms with Gasteiger partial charge in [-0.25, -0.2) is 0 Å². The molecule has 3 aromatic rings. The zero-order chi connectivity index (χ0) is 23.1. The van der Waals surface area contributed by atoms with Crippen molar-refractivity contribution >= 4 is 6.29 Å². The Morgan fingerprint density at radius 1 is 0.781 bits per heavy atom. The summed E-state index contributed by atoms with van der Waals surface area (Å²) in [6.45, 7) is 2.22. The molecule has 0 bridgehead atoms. The van der Waals surface area contributed by atoms with Gasteiger partial charge in [0.2, 0.25) is 5.79 Å². The molecule has 0 aliphatic rings. The van der Waals surface area contributed by atoms with Gasteiger partial charge in [-0.3, -0.25) is 4.79 Å². The smallest absolute Gasteiger partial charge is 0.223 e. The van der Waals surface area contributed by atoms with Crippen molar-refractivity contribution in [2.75, 3.05) is 28.4 Å². The van der Waals surface area contributed by atoms with E-state index in [1.807, 2.05) is 49.4 Å². The van der Waals surface area contributed by atoms with Gasteiger partial charge < -0.3 is 23.7 Å². The number of methoxy groups -OCH3 is 4. The van der Waals surface area contributed by atoms with E-state index in [-0.39, 0.29) is 0 Å². The summed E-state index contributed by atoms with van der Waals surface area (Å²) >= 11 is 0. The quantitative estimate of drug-likeness (QED) is 0.333. The van der Waals surface area contributed by atoms with Crippen molar-refractivity contribution < 1.29 is 28.5 Å². The Labute approximate surface area is 188 Å². The predicted octanol–water partition coefficient (Wildman–Crippen LogP) is 4.90. The molecule has 6 heteroatoms. The molecular formula is C26H28O6. The molecule has 0 saturated heterocycles. The summed E-state index contributed by atoms with van der Waals surface area (Å²) < 4.78 is 28.9. The molecule has 0 atom stereocenters. The molecule has 168 valence electrons. The minimum absolute atomic E-state index is 0.327. The van der Waals surface area contributed by atoms with E-state index in [0.717, 1.165) is 17.4 Å². The monoisotopic (exact) mass is 436 g/mol. The van der Waals surface area contributed by atoms with Crippen LogP contribution < -0.4 is 14.2 Å². The van der Waals surface area contributed by atoms with Gasteiger partial charge >= 0.3 is 0 Å². The molecule has 0 N–H and O–H groups in total. The summed E-state index contributed by atoms with van der Waals surface area (Å²) in [5.41, 5.74) is 3.32. The summed E-state index contributed by atoms with van der Waals surface area (Å²) in [5, 5.41) is 0. The van der Waals surface area contributed by atoms with Crippen LogP contribution in [0.4, 0.5) is 0 Å². The highest BCUT2D eigenvalue weighted by atomic mass is 16.7. The minimum atomic E-state index is -1.37. The van der Waals surface area contributed by atoms with Gasteiger partial charge in [0, 0.05) is 30.9 Å². The molecule has 0 unspecified atom stereocenters. The topological polar surface area (TPSA) is 63.2 Å². The van der Waals surface area contributed by atoms with E-state index in [1.54, 1.807) is 32.4 Å². The normalized spacial score (nSPS) is 11.2. The van der Waals surface area contributed by atoms with E-state index in [0.29, 0.717) is 40.5 Å². The lowest BCUT2D eigenvalue weighted by Crippen LogP contribution is -2.34. The molecule has 0 radical (unpaired) electrons. The van der Waals surface area contributed by atoms with Crippen molar-refractivity contribution in [3.8, 4) is 17.2 Å².